The third-order valence-corrected chi connectivity index (χ3v) is 10.1. The van der Waals surface area contributed by atoms with Crippen molar-refractivity contribution in [2.45, 2.75) is 88.7 Å². The first kappa shape index (κ1) is 35.8. The molecule has 2 saturated heterocycles. The molecule has 3 fully saturated rings. The minimum atomic E-state index is -0.234. The summed E-state index contributed by atoms with van der Waals surface area (Å²) in [6, 6.07) is 9.75. The maximum Gasteiger partial charge on any atom is 0.256 e. The van der Waals surface area contributed by atoms with Crippen molar-refractivity contribution in [2.24, 2.45) is 0 Å². The minimum Gasteiger partial charge on any atom is -0.487 e. The Morgan fingerprint density at radius 1 is 0.962 bits per heavy atom. The maximum absolute atomic E-state index is 9.71. The average Bonchev–Trinajstić information content (AvgIpc) is 3.89. The molecule has 0 radical (unpaired) electrons. The van der Waals surface area contributed by atoms with Crippen LogP contribution in [0.2, 0.25) is 0 Å². The molecular formula is C37H48N10O5. The third-order valence-electron chi connectivity index (χ3n) is 10.1. The molecule has 5 heterocycles. The molecular weight excluding hydrogens is 664 g/mol. The van der Waals surface area contributed by atoms with Crippen LogP contribution in [0.15, 0.2) is 49.4 Å². The zero-order chi connectivity index (χ0) is 35.7. The molecule has 1 saturated carbocycles. The molecule has 0 spiro atoms. The van der Waals surface area contributed by atoms with E-state index in [1.165, 1.54) is 19.2 Å². The average molecular weight is 713 g/mol. The largest absolute Gasteiger partial charge is 0.487 e. The van der Waals surface area contributed by atoms with E-state index in [0.29, 0.717) is 80.3 Å². The molecule has 0 unspecified atom stereocenters. The predicted octanol–water partition coefficient (Wildman–Crippen LogP) is 4.79. The normalized spacial score (nSPS) is 22.2. The smallest absolute Gasteiger partial charge is 0.256 e. The van der Waals surface area contributed by atoms with E-state index in [1.807, 2.05) is 25.3 Å². The van der Waals surface area contributed by atoms with Crippen molar-refractivity contribution in [3.63, 3.8) is 0 Å². The van der Waals surface area contributed by atoms with E-state index < -0.39 is 0 Å². The summed E-state index contributed by atoms with van der Waals surface area (Å²) in [4.78, 5) is 16.0. The van der Waals surface area contributed by atoms with Crippen LogP contribution in [0.25, 0.3) is 11.1 Å². The minimum absolute atomic E-state index is 0.234. The van der Waals surface area contributed by atoms with Gasteiger partial charge in [0.25, 0.3) is 5.88 Å². The molecule has 15 nitrogen and oxygen atoms in total. The molecule has 3 aliphatic rings. The number of aromatic nitrogens is 7. The van der Waals surface area contributed by atoms with Gasteiger partial charge in [0.05, 0.1) is 57.4 Å². The van der Waals surface area contributed by atoms with Crippen LogP contribution < -0.4 is 14.8 Å². The lowest BCUT2D eigenvalue weighted by Crippen LogP contribution is -2.52. The molecule has 2 bridgehead atoms. The van der Waals surface area contributed by atoms with Crippen molar-refractivity contribution in [1.82, 2.24) is 39.4 Å². The Labute approximate surface area is 304 Å². The molecule has 7 rings (SSSR count). The lowest BCUT2D eigenvalue weighted by molar-refractivity contribution is -0.0458. The molecule has 1 aliphatic carbocycles. The number of methoxy groups -OCH3 is 1. The number of nitrogens with one attached hydrogen (secondary N) is 1. The van der Waals surface area contributed by atoms with Crippen molar-refractivity contribution in [3.8, 4) is 28.8 Å². The first-order chi connectivity index (χ1) is 25.6. The van der Waals surface area contributed by atoms with E-state index in [0.717, 1.165) is 62.1 Å². The lowest BCUT2D eigenvalue weighted by atomic mass is 9.89. The van der Waals surface area contributed by atoms with Gasteiger partial charge in [-0.1, -0.05) is 6.07 Å². The topological polar surface area (TPSA) is 160 Å². The van der Waals surface area contributed by atoms with Gasteiger partial charge in [0.2, 0.25) is 5.95 Å². The van der Waals surface area contributed by atoms with Gasteiger partial charge in [-0.05, 0) is 63.1 Å². The summed E-state index contributed by atoms with van der Waals surface area (Å²) in [6.07, 6.45) is 16.1. The van der Waals surface area contributed by atoms with Gasteiger partial charge in [-0.2, -0.15) is 10.4 Å². The molecule has 276 valence electrons. The van der Waals surface area contributed by atoms with Gasteiger partial charge in [-0.25, -0.2) is 19.6 Å². The Kier molecular flexibility index (Phi) is 11.9. The summed E-state index contributed by atoms with van der Waals surface area (Å²) >= 11 is 0. The molecule has 52 heavy (non-hydrogen) atoms. The predicted molar refractivity (Wildman–Crippen MR) is 191 cm³/mol. The zero-order valence-corrected chi connectivity index (χ0v) is 30.0. The number of fused-ring (bicyclic) bond motifs is 2. The van der Waals surface area contributed by atoms with Crippen molar-refractivity contribution in [2.75, 3.05) is 52.1 Å². The summed E-state index contributed by atoms with van der Waals surface area (Å²) in [5, 5.41) is 22.1. The SMILES string of the molecule is COCCOCCCOc1nn(C2CCC(N3[C@@H]4CC[C@H]3COC4)CC2)cc1Nc1ncc(-c2ccc(C#N)c(O[C@@H](C)Cn3cncn3)c2)cn1. The Hall–Kier alpha value is -4.62. The second-order valence-corrected chi connectivity index (χ2v) is 13.8. The molecule has 3 aromatic heterocycles. The fourth-order valence-corrected chi connectivity index (χ4v) is 7.60. The number of rotatable bonds is 17. The Balaban J connectivity index is 1.01. The van der Waals surface area contributed by atoms with Crippen LogP contribution in [0.3, 0.4) is 0 Å². The number of ether oxygens (including phenoxy) is 5. The number of hydrogen-bond donors (Lipinski definition) is 1. The van der Waals surface area contributed by atoms with Crippen molar-refractivity contribution in [1.29, 1.82) is 5.26 Å². The highest BCUT2D eigenvalue weighted by atomic mass is 16.5. The molecule has 1 N–H and O–H groups in total. The molecule has 2 aliphatic heterocycles. The monoisotopic (exact) mass is 712 g/mol. The maximum atomic E-state index is 9.71. The van der Waals surface area contributed by atoms with Gasteiger partial charge in [-0.3, -0.25) is 9.58 Å². The lowest BCUT2D eigenvalue weighted by Gasteiger charge is -2.43. The van der Waals surface area contributed by atoms with E-state index in [9.17, 15) is 5.26 Å². The second kappa shape index (κ2) is 17.3. The van der Waals surface area contributed by atoms with Crippen LogP contribution in [0, 0.1) is 11.3 Å². The first-order valence-electron chi connectivity index (χ1n) is 18.3. The third kappa shape index (κ3) is 8.70. The molecule has 4 aromatic rings. The van der Waals surface area contributed by atoms with Crippen LogP contribution in [-0.4, -0.2) is 110 Å². The van der Waals surface area contributed by atoms with Gasteiger partial charge in [0.15, 0.2) is 0 Å². The fourth-order valence-electron chi connectivity index (χ4n) is 7.60. The molecule has 3 atom stereocenters. The first-order valence-corrected chi connectivity index (χ1v) is 18.3. The van der Waals surface area contributed by atoms with Gasteiger partial charge in [0.1, 0.15) is 36.3 Å². The Morgan fingerprint density at radius 3 is 2.46 bits per heavy atom. The number of benzene rings is 1. The highest BCUT2D eigenvalue weighted by Crippen LogP contribution is 2.39. The zero-order valence-electron chi connectivity index (χ0n) is 30.0. The van der Waals surface area contributed by atoms with Crippen LogP contribution in [-0.2, 0) is 20.8 Å². The van der Waals surface area contributed by atoms with Crippen molar-refractivity contribution in [3.05, 3.63) is 55.0 Å². The van der Waals surface area contributed by atoms with E-state index >= 15 is 0 Å². The quantitative estimate of drug-likeness (QED) is 0.149. The highest BCUT2D eigenvalue weighted by molar-refractivity contribution is 5.67. The van der Waals surface area contributed by atoms with E-state index in [2.05, 4.69) is 41.0 Å². The van der Waals surface area contributed by atoms with Crippen LogP contribution >= 0.6 is 0 Å². The van der Waals surface area contributed by atoms with Crippen molar-refractivity contribution >= 4 is 11.6 Å². The second-order valence-electron chi connectivity index (χ2n) is 13.8. The molecule has 0 amide bonds. The Morgan fingerprint density at radius 2 is 1.73 bits per heavy atom. The molecule has 15 heteroatoms. The van der Waals surface area contributed by atoms with Crippen LogP contribution in [0.5, 0.6) is 11.6 Å². The van der Waals surface area contributed by atoms with E-state index in [4.69, 9.17) is 28.8 Å². The summed E-state index contributed by atoms with van der Waals surface area (Å²) in [7, 11) is 1.66. The summed E-state index contributed by atoms with van der Waals surface area (Å²) < 4.78 is 32.6. The highest BCUT2D eigenvalue weighted by Gasteiger charge is 2.42. The molecule has 1 aromatic carbocycles. The van der Waals surface area contributed by atoms with Gasteiger partial charge < -0.3 is 29.0 Å². The summed E-state index contributed by atoms with van der Waals surface area (Å²) in [5.41, 5.74) is 2.78. The van der Waals surface area contributed by atoms with Gasteiger partial charge in [-0.15, -0.1) is 5.10 Å². The number of nitriles is 1. The van der Waals surface area contributed by atoms with Gasteiger partial charge >= 0.3 is 0 Å². The Bertz CT molecular complexity index is 1740. The number of nitrogens with zero attached hydrogens (tertiary/aromatic N) is 9. The fraction of sp³-hybridized carbons (Fsp3) is 0.568. The number of morpholine rings is 1. The summed E-state index contributed by atoms with van der Waals surface area (Å²) in [5.74, 6) is 1.43. The van der Waals surface area contributed by atoms with Crippen LogP contribution in [0.1, 0.15) is 63.5 Å². The van der Waals surface area contributed by atoms with Crippen molar-refractivity contribution < 1.29 is 23.7 Å². The number of anilines is 2. The van der Waals surface area contributed by atoms with Crippen LogP contribution in [0.4, 0.5) is 11.6 Å². The van der Waals surface area contributed by atoms with E-state index in [-0.39, 0.29) is 6.10 Å². The van der Waals surface area contributed by atoms with E-state index in [1.54, 1.807) is 36.6 Å². The standard InChI is InChI=1S/C37H48N10O5/c1-26(20-45-25-39-24-42-45)52-35-16-27(4-5-28(35)17-38)29-18-40-37(41-19-29)43-34-21-46(44-36(34)51-13-3-12-49-15-14-48-2)30-6-8-31(9-7-30)47-32-10-11-33(47)23-50-22-32/h4-5,16,18-19,21,24-26,30-33H,3,6-15,20,22-23H2,1-2H3,(H,40,41,43)/t26-,30?,31?,32-,33+/m0/s1. The number of hydrogen-bond acceptors (Lipinski definition) is 13. The van der Waals surface area contributed by atoms with Gasteiger partial charge in [0, 0.05) is 56.2 Å². The summed E-state index contributed by atoms with van der Waals surface area (Å²) in [6.45, 7) is 6.34.